The summed E-state index contributed by atoms with van der Waals surface area (Å²) in [5.74, 6) is -1.01. The van der Waals surface area contributed by atoms with Crippen molar-refractivity contribution in [2.75, 3.05) is 27.2 Å². The van der Waals surface area contributed by atoms with Crippen molar-refractivity contribution in [1.29, 1.82) is 0 Å². The van der Waals surface area contributed by atoms with E-state index in [-0.39, 0.29) is 6.42 Å². The zero-order chi connectivity index (χ0) is 22.7. The van der Waals surface area contributed by atoms with Gasteiger partial charge in [-0.25, -0.2) is 0 Å². The first-order valence-corrected chi connectivity index (χ1v) is 13.0. The monoisotopic (exact) mass is 427 g/mol. The highest BCUT2D eigenvalue weighted by Gasteiger charge is 2.33. The number of carboxylic acids is 1. The summed E-state index contributed by atoms with van der Waals surface area (Å²) in [5, 5.41) is 21.9. The van der Waals surface area contributed by atoms with Crippen molar-refractivity contribution in [3.8, 4) is 0 Å². The topological polar surface area (TPSA) is 60.4 Å². The summed E-state index contributed by atoms with van der Waals surface area (Å²) in [6, 6.07) is 0. The normalized spacial score (nSPS) is 14.0. The van der Waals surface area contributed by atoms with E-state index in [1.54, 1.807) is 0 Å². The summed E-state index contributed by atoms with van der Waals surface area (Å²) in [5.41, 5.74) is -0.679. The average Bonchev–Trinajstić information content (AvgIpc) is 2.66. The number of aliphatic carboxylic acids is 1. The second-order valence-electron chi connectivity index (χ2n) is 10.3. The highest BCUT2D eigenvalue weighted by molar-refractivity contribution is 5.64. The van der Waals surface area contributed by atoms with Gasteiger partial charge >= 0.3 is 0 Å². The van der Waals surface area contributed by atoms with Gasteiger partial charge in [0.2, 0.25) is 0 Å². The Morgan fingerprint density at radius 2 is 1.17 bits per heavy atom. The SMILES string of the molecule is CCCCCCCCCCCCCCCCC(O)(CCC)C[N+](C)(C)CCC(=O)[O-]. The molecule has 0 spiro atoms. The fourth-order valence-electron chi connectivity index (χ4n) is 4.67. The van der Waals surface area contributed by atoms with E-state index in [1.807, 2.05) is 14.1 Å². The van der Waals surface area contributed by atoms with Crippen molar-refractivity contribution in [3.05, 3.63) is 0 Å². The van der Waals surface area contributed by atoms with Crippen molar-refractivity contribution in [1.82, 2.24) is 0 Å². The molecule has 30 heavy (non-hydrogen) atoms. The van der Waals surface area contributed by atoms with Gasteiger partial charge in [-0.1, -0.05) is 110 Å². The number of carbonyl (C=O) groups excluding carboxylic acids is 1. The van der Waals surface area contributed by atoms with Gasteiger partial charge in [-0.05, 0) is 12.8 Å². The number of likely N-dealkylation sites (N-methyl/N-ethyl adjacent to an activating group) is 1. The zero-order valence-electron chi connectivity index (χ0n) is 20.9. The molecule has 180 valence electrons. The highest BCUT2D eigenvalue weighted by Crippen LogP contribution is 2.25. The van der Waals surface area contributed by atoms with Gasteiger partial charge in [0.25, 0.3) is 0 Å². The number of hydrogen-bond donors (Lipinski definition) is 1. The molecule has 4 nitrogen and oxygen atoms in total. The summed E-state index contributed by atoms with van der Waals surface area (Å²) >= 11 is 0. The fraction of sp³-hybridized carbons (Fsp3) is 0.962. The van der Waals surface area contributed by atoms with Crippen molar-refractivity contribution >= 4 is 5.97 Å². The summed E-state index contributed by atoms with van der Waals surface area (Å²) in [6.07, 6.45) is 21.4. The number of unbranched alkanes of at least 4 members (excludes halogenated alkanes) is 13. The lowest BCUT2D eigenvalue weighted by molar-refractivity contribution is -0.896. The molecule has 0 aromatic rings. The van der Waals surface area contributed by atoms with Gasteiger partial charge in [0.1, 0.15) is 12.1 Å². The Kier molecular flexibility index (Phi) is 17.6. The largest absolute Gasteiger partial charge is 0.550 e. The third kappa shape index (κ3) is 18.2. The molecule has 0 aliphatic rings. The number of hydrogen-bond acceptors (Lipinski definition) is 3. The van der Waals surface area contributed by atoms with Crippen LogP contribution in [0.25, 0.3) is 0 Å². The van der Waals surface area contributed by atoms with Crippen LogP contribution in [0.2, 0.25) is 0 Å². The van der Waals surface area contributed by atoms with Crippen LogP contribution in [-0.2, 0) is 4.79 Å². The van der Waals surface area contributed by atoms with E-state index >= 15 is 0 Å². The fourth-order valence-corrected chi connectivity index (χ4v) is 4.67. The molecule has 1 unspecified atom stereocenters. The second kappa shape index (κ2) is 18.0. The van der Waals surface area contributed by atoms with Crippen molar-refractivity contribution < 1.29 is 19.5 Å². The number of carboxylic acid groups (broad SMARTS) is 1. The zero-order valence-corrected chi connectivity index (χ0v) is 20.9. The van der Waals surface area contributed by atoms with Gasteiger partial charge in [-0.15, -0.1) is 0 Å². The first-order valence-electron chi connectivity index (χ1n) is 13.0. The summed E-state index contributed by atoms with van der Waals surface area (Å²) in [6.45, 7) is 5.51. The van der Waals surface area contributed by atoms with Crippen molar-refractivity contribution in [2.24, 2.45) is 0 Å². The van der Waals surface area contributed by atoms with E-state index < -0.39 is 11.6 Å². The van der Waals surface area contributed by atoms with E-state index in [0.29, 0.717) is 17.6 Å². The average molecular weight is 428 g/mol. The number of rotatable bonds is 22. The molecule has 0 heterocycles. The lowest BCUT2D eigenvalue weighted by atomic mass is 9.89. The van der Waals surface area contributed by atoms with Crippen molar-refractivity contribution in [3.63, 3.8) is 0 Å². The maximum atomic E-state index is 11.1. The van der Waals surface area contributed by atoms with Crippen LogP contribution >= 0.6 is 0 Å². The van der Waals surface area contributed by atoms with Gasteiger partial charge in [-0.3, -0.25) is 0 Å². The van der Waals surface area contributed by atoms with Crippen LogP contribution in [0.15, 0.2) is 0 Å². The molecule has 0 aliphatic carbocycles. The predicted molar refractivity (Wildman–Crippen MR) is 126 cm³/mol. The maximum Gasteiger partial charge on any atom is 0.113 e. The molecular weight excluding hydrogens is 374 g/mol. The van der Waals surface area contributed by atoms with E-state index in [4.69, 9.17) is 0 Å². The molecule has 0 saturated heterocycles. The third-order valence-electron chi connectivity index (χ3n) is 6.35. The second-order valence-corrected chi connectivity index (χ2v) is 10.3. The number of quaternary nitrogens is 1. The molecule has 0 rings (SSSR count). The molecule has 0 saturated carbocycles. The van der Waals surface area contributed by atoms with Crippen LogP contribution in [0.5, 0.6) is 0 Å². The van der Waals surface area contributed by atoms with Crippen LogP contribution in [0.4, 0.5) is 0 Å². The lowest BCUT2D eigenvalue weighted by Gasteiger charge is -2.38. The molecule has 0 aromatic heterocycles. The molecule has 1 atom stereocenters. The molecule has 0 radical (unpaired) electrons. The molecular formula is C26H53NO3. The Hall–Kier alpha value is -0.610. The van der Waals surface area contributed by atoms with Crippen LogP contribution in [0.3, 0.4) is 0 Å². The van der Waals surface area contributed by atoms with E-state index in [9.17, 15) is 15.0 Å². The standard InChI is InChI=1S/C26H53NO3/c1-5-7-8-9-10-11-12-13-14-15-16-17-18-19-22-26(30,21-6-2)24-27(3,4)23-20-25(28)29/h30H,5-24H2,1-4H3. The Morgan fingerprint density at radius 1 is 0.733 bits per heavy atom. The van der Waals surface area contributed by atoms with Gasteiger partial charge in [-0.2, -0.15) is 0 Å². The summed E-state index contributed by atoms with van der Waals surface area (Å²) in [4.78, 5) is 10.8. The molecule has 0 fully saturated rings. The van der Waals surface area contributed by atoms with Gasteiger partial charge in [0.05, 0.1) is 20.6 Å². The van der Waals surface area contributed by atoms with Gasteiger partial charge in [0.15, 0.2) is 0 Å². The Morgan fingerprint density at radius 3 is 1.57 bits per heavy atom. The third-order valence-corrected chi connectivity index (χ3v) is 6.35. The maximum absolute atomic E-state index is 11.1. The van der Waals surface area contributed by atoms with Crippen LogP contribution in [0.1, 0.15) is 129 Å². The predicted octanol–water partition coefficient (Wildman–Crippen LogP) is 5.61. The smallest absolute Gasteiger partial charge is 0.113 e. The number of aliphatic hydroxyl groups is 1. The minimum Gasteiger partial charge on any atom is -0.550 e. The minimum absolute atomic E-state index is 0.0497. The molecule has 1 N–H and O–H groups in total. The van der Waals surface area contributed by atoms with Crippen LogP contribution in [-0.4, -0.2) is 48.3 Å². The molecule has 0 aliphatic heterocycles. The van der Waals surface area contributed by atoms with Crippen LogP contribution < -0.4 is 5.11 Å². The molecule has 0 amide bonds. The Bertz CT molecular complexity index is 411. The minimum atomic E-state index is -1.01. The first kappa shape index (κ1) is 29.4. The van der Waals surface area contributed by atoms with Gasteiger partial charge in [0, 0.05) is 12.4 Å². The van der Waals surface area contributed by atoms with Gasteiger partial charge < -0.3 is 19.5 Å². The van der Waals surface area contributed by atoms with Crippen molar-refractivity contribution in [2.45, 2.75) is 135 Å². The molecule has 0 bridgehead atoms. The molecule has 0 aromatic carbocycles. The van der Waals surface area contributed by atoms with Crippen LogP contribution in [0, 0.1) is 0 Å². The number of carbonyl (C=O) groups is 1. The highest BCUT2D eigenvalue weighted by atomic mass is 16.4. The lowest BCUT2D eigenvalue weighted by Crippen LogP contribution is -2.53. The molecule has 4 heteroatoms. The summed E-state index contributed by atoms with van der Waals surface area (Å²) < 4.78 is 0.531. The quantitative estimate of drug-likeness (QED) is 0.180. The summed E-state index contributed by atoms with van der Waals surface area (Å²) in [7, 11) is 4.02. The van der Waals surface area contributed by atoms with E-state index in [1.165, 1.54) is 83.5 Å². The Balaban J connectivity index is 3.82. The van der Waals surface area contributed by atoms with E-state index in [0.717, 1.165) is 25.7 Å². The van der Waals surface area contributed by atoms with E-state index in [2.05, 4.69) is 13.8 Å². The first-order chi connectivity index (χ1) is 14.2. The number of nitrogens with zero attached hydrogens (tertiary/aromatic N) is 1. The Labute approximate surface area is 188 Å².